The van der Waals surface area contributed by atoms with Crippen molar-refractivity contribution in [3.63, 3.8) is 0 Å². The molecular weight excluding hydrogens is 212 g/mol. The monoisotopic (exact) mass is 220 g/mol. The van der Waals surface area contributed by atoms with Crippen LogP contribution >= 0.6 is 11.8 Å². The average Bonchev–Trinajstić information content (AvgIpc) is 1.96. The third kappa shape index (κ3) is 3.43. The van der Waals surface area contributed by atoms with Crippen LogP contribution in [0, 0.1) is 0 Å². The molecule has 1 rings (SSSR count). The maximum atomic E-state index is 9.23. The van der Waals surface area contributed by atoms with Gasteiger partial charge < -0.3 is 22.6 Å². The second kappa shape index (κ2) is 4.84. The number of phenols is 2. The number of hydrogen-bond donors (Lipinski definition) is 4. The normalized spacial score (nSPS) is 8.92. The molecule has 0 aliphatic carbocycles. The van der Waals surface area contributed by atoms with Gasteiger partial charge in [-0.25, -0.2) is 0 Å². The van der Waals surface area contributed by atoms with Crippen LogP contribution in [0.15, 0.2) is 23.1 Å². The van der Waals surface area contributed by atoms with Crippen molar-refractivity contribution in [2.24, 2.45) is 5.73 Å². The van der Waals surface area contributed by atoms with Crippen molar-refractivity contribution in [3.05, 3.63) is 18.2 Å². The van der Waals surface area contributed by atoms with Gasteiger partial charge in [0.1, 0.15) is 11.5 Å². The molecule has 0 spiro atoms. The van der Waals surface area contributed by atoms with Crippen LogP contribution in [0.1, 0.15) is 0 Å². The molecule has 0 saturated carbocycles. The minimum absolute atomic E-state index is 0. The zero-order valence-corrected chi connectivity index (χ0v) is 8.14. The lowest BCUT2D eigenvalue weighted by atomic mass is 10.3. The lowest BCUT2D eigenvalue weighted by molar-refractivity contribution is -0.110. The van der Waals surface area contributed by atoms with Crippen molar-refractivity contribution < 1.29 is 28.0 Å². The van der Waals surface area contributed by atoms with Crippen molar-refractivity contribution >= 4 is 16.9 Å². The number of thioether (sulfide) groups is 1. The highest BCUT2D eigenvalue weighted by atomic mass is 35.5. The van der Waals surface area contributed by atoms with Gasteiger partial charge in [0.15, 0.2) is 0 Å². The zero-order valence-electron chi connectivity index (χ0n) is 6.57. The third-order valence-electron chi connectivity index (χ3n) is 1.17. The Morgan fingerprint density at radius 1 is 1.38 bits per heavy atom. The summed E-state index contributed by atoms with van der Waals surface area (Å²) in [5.74, 6) is 0.114. The predicted octanol–water partition coefficient (Wildman–Crippen LogP) is -3.73. The summed E-state index contributed by atoms with van der Waals surface area (Å²) in [6.45, 7) is 0. The molecule has 1 aromatic rings. The van der Waals surface area contributed by atoms with E-state index in [9.17, 15) is 5.11 Å². The summed E-state index contributed by atoms with van der Waals surface area (Å²) in [4.78, 5) is 0.440. The van der Waals surface area contributed by atoms with E-state index in [1.54, 1.807) is 0 Å². The molecule has 4 nitrogen and oxygen atoms in total. The number of hydrogen-bond acceptors (Lipinski definition) is 3. The molecular formula is C7H9ClN2O2S. The standard InChI is InChI=1S/C7H8N2O2S.ClH/c8-7(9)12-6-3-4(10)1-2-5(6)11;/h1-3,10-11H,(H3,8,9);1H. The predicted molar refractivity (Wildman–Crippen MR) is 46.7 cm³/mol. The summed E-state index contributed by atoms with van der Waals surface area (Å²) in [5, 5.41) is 23.6. The number of rotatable bonds is 1. The van der Waals surface area contributed by atoms with Gasteiger partial charge in [-0.15, -0.1) is 0 Å². The second-order valence-electron chi connectivity index (χ2n) is 2.16. The van der Waals surface area contributed by atoms with Crippen LogP contribution in [0.5, 0.6) is 11.5 Å². The number of benzene rings is 1. The molecule has 0 aliphatic rings. The molecule has 0 bridgehead atoms. The van der Waals surface area contributed by atoms with Gasteiger partial charge in [0, 0.05) is 11.8 Å². The molecule has 0 aromatic heterocycles. The Labute approximate surface area is 85.7 Å². The molecule has 0 fully saturated rings. The van der Waals surface area contributed by atoms with Crippen LogP contribution in [0.4, 0.5) is 0 Å². The van der Waals surface area contributed by atoms with E-state index in [4.69, 9.17) is 16.2 Å². The van der Waals surface area contributed by atoms with Crippen LogP contribution in [0.2, 0.25) is 0 Å². The van der Waals surface area contributed by atoms with Crippen LogP contribution in [-0.2, 0) is 0 Å². The molecule has 72 valence electrons. The van der Waals surface area contributed by atoms with Gasteiger partial charge in [-0.3, -0.25) is 11.1 Å². The SMILES string of the molecule is NC(=[NH2+])Sc1cc(O)ccc1O.[Cl-]. The van der Waals surface area contributed by atoms with Crippen molar-refractivity contribution in [3.8, 4) is 11.5 Å². The molecule has 0 heterocycles. The highest BCUT2D eigenvalue weighted by Crippen LogP contribution is 2.30. The molecule has 0 atom stereocenters. The first-order valence-electron chi connectivity index (χ1n) is 3.17. The Morgan fingerprint density at radius 3 is 2.54 bits per heavy atom. The fourth-order valence-electron chi connectivity index (χ4n) is 0.712. The lowest BCUT2D eigenvalue weighted by Crippen LogP contribution is -3.00. The van der Waals surface area contributed by atoms with Gasteiger partial charge in [-0.1, -0.05) is 0 Å². The van der Waals surface area contributed by atoms with Gasteiger partial charge in [0.05, 0.1) is 4.90 Å². The van der Waals surface area contributed by atoms with E-state index in [1.807, 2.05) is 0 Å². The maximum absolute atomic E-state index is 9.23. The fraction of sp³-hybridized carbons (Fsp3) is 0. The molecule has 1 aromatic carbocycles. The quantitative estimate of drug-likeness (QED) is 0.170. The van der Waals surface area contributed by atoms with E-state index in [1.165, 1.54) is 18.2 Å². The Hall–Kier alpha value is -1.07. The first kappa shape index (κ1) is 11.9. The molecule has 0 unspecified atom stereocenters. The third-order valence-corrected chi connectivity index (χ3v) is 1.95. The summed E-state index contributed by atoms with van der Waals surface area (Å²) >= 11 is 1.00. The highest BCUT2D eigenvalue weighted by molar-refractivity contribution is 8.13. The topological polar surface area (TPSA) is 92.1 Å². The van der Waals surface area contributed by atoms with Crippen molar-refractivity contribution in [1.29, 1.82) is 0 Å². The van der Waals surface area contributed by atoms with Gasteiger partial charge >= 0.3 is 5.17 Å². The molecule has 0 amide bonds. The Kier molecular flexibility index (Phi) is 4.44. The van der Waals surface area contributed by atoms with E-state index in [2.05, 4.69) is 0 Å². The van der Waals surface area contributed by atoms with E-state index >= 15 is 0 Å². The zero-order chi connectivity index (χ0) is 9.14. The second-order valence-corrected chi connectivity index (χ2v) is 3.27. The smallest absolute Gasteiger partial charge is 0.304 e. The Bertz CT molecular complexity index is 319. The fourth-order valence-corrected chi connectivity index (χ4v) is 1.32. The molecule has 6 N–H and O–H groups in total. The number of nitrogens with two attached hydrogens (primary N) is 2. The van der Waals surface area contributed by atoms with E-state index < -0.39 is 0 Å². The van der Waals surface area contributed by atoms with Crippen molar-refractivity contribution in [2.75, 3.05) is 0 Å². The first-order valence-corrected chi connectivity index (χ1v) is 3.99. The number of halogens is 1. The Balaban J connectivity index is 0.00000144. The van der Waals surface area contributed by atoms with E-state index in [-0.39, 0.29) is 29.1 Å². The minimum atomic E-state index is 0. The molecule has 0 saturated heterocycles. The maximum Gasteiger partial charge on any atom is 0.304 e. The van der Waals surface area contributed by atoms with Gasteiger partial charge in [0.2, 0.25) is 0 Å². The lowest BCUT2D eigenvalue weighted by Gasteiger charge is -2.00. The Morgan fingerprint density at radius 2 is 2.00 bits per heavy atom. The van der Waals surface area contributed by atoms with E-state index in [0.29, 0.717) is 4.90 Å². The number of amidine groups is 1. The first-order chi connectivity index (χ1) is 5.59. The van der Waals surface area contributed by atoms with Crippen molar-refractivity contribution in [1.82, 2.24) is 0 Å². The van der Waals surface area contributed by atoms with Crippen LogP contribution in [0.3, 0.4) is 0 Å². The van der Waals surface area contributed by atoms with Gasteiger partial charge in [-0.05, 0) is 18.2 Å². The molecule has 6 heteroatoms. The van der Waals surface area contributed by atoms with Crippen LogP contribution < -0.4 is 23.5 Å². The van der Waals surface area contributed by atoms with E-state index in [0.717, 1.165) is 11.8 Å². The number of phenolic OH excluding ortho intramolecular Hbond substituents is 2. The summed E-state index contributed by atoms with van der Waals surface area (Å²) in [6, 6.07) is 4.15. The summed E-state index contributed by atoms with van der Waals surface area (Å²) in [7, 11) is 0. The molecule has 0 radical (unpaired) electrons. The minimum Gasteiger partial charge on any atom is -1.00 e. The van der Waals surface area contributed by atoms with Crippen LogP contribution in [0.25, 0.3) is 0 Å². The van der Waals surface area contributed by atoms with Crippen molar-refractivity contribution in [2.45, 2.75) is 4.90 Å². The number of aromatic hydroxyl groups is 2. The van der Waals surface area contributed by atoms with Gasteiger partial charge in [0.25, 0.3) is 0 Å². The largest absolute Gasteiger partial charge is 1.00 e. The summed E-state index contributed by atoms with van der Waals surface area (Å²) < 4.78 is 0. The average molecular weight is 221 g/mol. The summed E-state index contributed by atoms with van der Waals surface area (Å²) in [5.41, 5.74) is 5.21. The molecule has 13 heavy (non-hydrogen) atoms. The van der Waals surface area contributed by atoms with Gasteiger partial charge in [-0.2, -0.15) is 0 Å². The highest BCUT2D eigenvalue weighted by Gasteiger charge is 2.06. The van der Waals surface area contributed by atoms with Crippen LogP contribution in [-0.4, -0.2) is 15.4 Å². The summed E-state index contributed by atoms with van der Waals surface area (Å²) in [6.07, 6.45) is 0. The molecule has 0 aliphatic heterocycles.